The topological polar surface area (TPSA) is 26.3 Å². The van der Waals surface area contributed by atoms with Crippen molar-refractivity contribution in [3.05, 3.63) is 59.7 Å². The number of benzene rings is 2. The molecule has 0 amide bonds. The molecule has 2 aliphatic rings. The number of aryl methyl sites for hydroxylation is 1. The first kappa shape index (κ1) is 20.6. The first-order chi connectivity index (χ1) is 13.6. The quantitative estimate of drug-likeness (QED) is 0.540. The zero-order chi connectivity index (χ0) is 19.9. The van der Waals surface area contributed by atoms with Crippen molar-refractivity contribution in [2.45, 2.75) is 77.7 Å². The third kappa shape index (κ3) is 5.04. The molecule has 1 aliphatic carbocycles. The summed E-state index contributed by atoms with van der Waals surface area (Å²) in [6, 6.07) is 18.0. The molecular formula is C26H34O2. The molecule has 2 aromatic carbocycles. The van der Waals surface area contributed by atoms with Gasteiger partial charge in [0.05, 0.1) is 6.42 Å². The zero-order valence-electron chi connectivity index (χ0n) is 17.6. The van der Waals surface area contributed by atoms with Gasteiger partial charge in [0.2, 0.25) is 0 Å². The van der Waals surface area contributed by atoms with Gasteiger partial charge >= 0.3 is 5.97 Å². The number of ether oxygens (including phenoxy) is 1. The van der Waals surface area contributed by atoms with Gasteiger partial charge in [-0.3, -0.25) is 4.79 Å². The summed E-state index contributed by atoms with van der Waals surface area (Å²) in [5.74, 6) is 1.23. The summed E-state index contributed by atoms with van der Waals surface area (Å²) in [6.07, 6.45) is 7.98. The molecule has 0 N–H and O–H groups in total. The van der Waals surface area contributed by atoms with E-state index >= 15 is 0 Å². The van der Waals surface area contributed by atoms with Crippen molar-refractivity contribution in [1.82, 2.24) is 0 Å². The Hall–Kier alpha value is -2.09. The van der Waals surface area contributed by atoms with E-state index in [1.54, 1.807) is 0 Å². The van der Waals surface area contributed by atoms with Crippen molar-refractivity contribution in [1.29, 1.82) is 0 Å². The van der Waals surface area contributed by atoms with Crippen LogP contribution in [-0.2, 0) is 16.0 Å². The highest BCUT2D eigenvalue weighted by Crippen LogP contribution is 2.40. The normalized spacial score (nSPS) is 23.8. The van der Waals surface area contributed by atoms with Crippen LogP contribution < -0.4 is 0 Å². The van der Waals surface area contributed by atoms with Crippen LogP contribution in [0.1, 0.15) is 76.3 Å². The predicted molar refractivity (Wildman–Crippen MR) is 116 cm³/mol. The van der Waals surface area contributed by atoms with Gasteiger partial charge in [-0.15, -0.1) is 0 Å². The van der Waals surface area contributed by atoms with E-state index in [9.17, 15) is 4.79 Å². The Morgan fingerprint density at radius 2 is 1.32 bits per heavy atom. The Bertz CT molecular complexity index is 729. The Morgan fingerprint density at radius 1 is 0.821 bits per heavy atom. The fraction of sp³-hybridized carbons (Fsp3) is 0.500. The summed E-state index contributed by atoms with van der Waals surface area (Å²) in [5, 5.41) is 0. The molecule has 0 bridgehead atoms. The standard InChI is InChI=1S/C23H26O2.C3H8/c1-2-16-3-5-17(6-4-16)18-7-9-19(10-8-18)20-11-13-21(14-12-20)22-15-23(24)25-22;1-3-2/h3-10,20-22H,2,11-15H2,1H3;3H2,1-2H3. The van der Waals surface area contributed by atoms with E-state index in [1.807, 2.05) is 0 Å². The molecule has 0 spiro atoms. The number of carbonyl (C=O) groups excluding carboxylic acids is 1. The predicted octanol–water partition coefficient (Wildman–Crippen LogP) is 6.92. The second-order valence-electron chi connectivity index (χ2n) is 8.22. The van der Waals surface area contributed by atoms with Gasteiger partial charge in [0, 0.05) is 0 Å². The van der Waals surface area contributed by atoms with Crippen molar-refractivity contribution in [2.75, 3.05) is 0 Å². The van der Waals surface area contributed by atoms with Gasteiger partial charge < -0.3 is 4.74 Å². The van der Waals surface area contributed by atoms with E-state index in [1.165, 1.54) is 54.4 Å². The molecule has 1 unspecified atom stereocenters. The molecule has 2 fully saturated rings. The lowest BCUT2D eigenvalue weighted by molar-refractivity contribution is -0.176. The molecule has 2 nitrogen and oxygen atoms in total. The van der Waals surface area contributed by atoms with E-state index in [4.69, 9.17) is 4.74 Å². The van der Waals surface area contributed by atoms with Crippen molar-refractivity contribution >= 4 is 5.97 Å². The minimum atomic E-state index is -0.0188. The molecule has 2 aromatic rings. The zero-order valence-corrected chi connectivity index (χ0v) is 17.6. The minimum absolute atomic E-state index is 0.0188. The molecule has 2 heteroatoms. The number of rotatable bonds is 4. The first-order valence-corrected chi connectivity index (χ1v) is 11.0. The fourth-order valence-electron chi connectivity index (χ4n) is 4.29. The second-order valence-corrected chi connectivity index (χ2v) is 8.22. The maximum Gasteiger partial charge on any atom is 0.309 e. The van der Waals surface area contributed by atoms with Crippen LogP contribution >= 0.6 is 0 Å². The van der Waals surface area contributed by atoms with Crippen LogP contribution in [0.2, 0.25) is 0 Å². The third-order valence-corrected chi connectivity index (χ3v) is 6.03. The van der Waals surface area contributed by atoms with E-state index in [-0.39, 0.29) is 12.1 Å². The molecule has 1 heterocycles. The maximum atomic E-state index is 11.0. The molecule has 28 heavy (non-hydrogen) atoms. The van der Waals surface area contributed by atoms with Crippen molar-refractivity contribution in [3.63, 3.8) is 0 Å². The summed E-state index contributed by atoms with van der Waals surface area (Å²) < 4.78 is 5.26. The van der Waals surface area contributed by atoms with Crippen LogP contribution in [0.5, 0.6) is 0 Å². The smallest absolute Gasteiger partial charge is 0.309 e. The van der Waals surface area contributed by atoms with E-state index in [0.29, 0.717) is 18.3 Å². The Balaban J connectivity index is 0.000000706. The summed E-state index contributed by atoms with van der Waals surface area (Å²) in [6.45, 7) is 6.44. The van der Waals surface area contributed by atoms with Crippen LogP contribution in [0.25, 0.3) is 11.1 Å². The highest BCUT2D eigenvalue weighted by molar-refractivity contribution is 5.75. The lowest BCUT2D eigenvalue weighted by Gasteiger charge is -2.37. The molecule has 150 valence electrons. The number of esters is 1. The van der Waals surface area contributed by atoms with Gasteiger partial charge in [0.1, 0.15) is 6.10 Å². The van der Waals surface area contributed by atoms with E-state index in [2.05, 4.69) is 69.3 Å². The van der Waals surface area contributed by atoms with Crippen LogP contribution in [-0.4, -0.2) is 12.1 Å². The molecular weight excluding hydrogens is 344 g/mol. The van der Waals surface area contributed by atoms with Crippen LogP contribution in [0, 0.1) is 5.92 Å². The monoisotopic (exact) mass is 378 g/mol. The van der Waals surface area contributed by atoms with Gasteiger partial charge in [-0.25, -0.2) is 0 Å². The lowest BCUT2D eigenvalue weighted by atomic mass is 9.75. The molecule has 0 radical (unpaired) electrons. The molecule has 1 atom stereocenters. The summed E-state index contributed by atoms with van der Waals surface area (Å²) in [5.41, 5.74) is 5.42. The van der Waals surface area contributed by atoms with Crippen LogP contribution in [0.3, 0.4) is 0 Å². The summed E-state index contributed by atoms with van der Waals surface area (Å²) in [7, 11) is 0. The molecule has 1 saturated carbocycles. The largest absolute Gasteiger partial charge is 0.461 e. The van der Waals surface area contributed by atoms with Gasteiger partial charge in [-0.05, 0) is 66.2 Å². The third-order valence-electron chi connectivity index (χ3n) is 6.03. The van der Waals surface area contributed by atoms with Crippen LogP contribution in [0.4, 0.5) is 0 Å². The van der Waals surface area contributed by atoms with Crippen molar-refractivity contribution in [3.8, 4) is 11.1 Å². The number of carbonyl (C=O) groups is 1. The maximum absolute atomic E-state index is 11.0. The van der Waals surface area contributed by atoms with Gasteiger partial charge in [0.15, 0.2) is 0 Å². The highest BCUT2D eigenvalue weighted by atomic mass is 16.6. The van der Waals surface area contributed by atoms with Crippen molar-refractivity contribution < 1.29 is 9.53 Å². The van der Waals surface area contributed by atoms with Crippen LogP contribution in [0.15, 0.2) is 48.5 Å². The molecule has 1 saturated heterocycles. The number of hydrogen-bond acceptors (Lipinski definition) is 2. The van der Waals surface area contributed by atoms with Crippen molar-refractivity contribution in [2.24, 2.45) is 5.92 Å². The van der Waals surface area contributed by atoms with Gasteiger partial charge in [0.25, 0.3) is 0 Å². The summed E-state index contributed by atoms with van der Waals surface area (Å²) >= 11 is 0. The number of cyclic esters (lactones) is 1. The SMILES string of the molecule is CCC.CCc1ccc(-c2ccc(C3CCC(C4CC(=O)O4)CC3)cc2)cc1. The Labute approximate surface area is 170 Å². The molecule has 1 aliphatic heterocycles. The highest BCUT2D eigenvalue weighted by Gasteiger charge is 2.37. The lowest BCUT2D eigenvalue weighted by Crippen LogP contribution is -2.40. The molecule has 4 rings (SSSR count). The Kier molecular flexibility index (Phi) is 7.30. The van der Waals surface area contributed by atoms with E-state index < -0.39 is 0 Å². The Morgan fingerprint density at radius 3 is 1.79 bits per heavy atom. The van der Waals surface area contributed by atoms with Gasteiger partial charge in [-0.2, -0.15) is 0 Å². The average molecular weight is 379 g/mol. The fourth-order valence-corrected chi connectivity index (χ4v) is 4.29. The van der Waals surface area contributed by atoms with Gasteiger partial charge in [-0.1, -0.05) is 75.7 Å². The minimum Gasteiger partial charge on any atom is -0.461 e. The molecule has 0 aromatic heterocycles. The second kappa shape index (κ2) is 9.91. The average Bonchev–Trinajstić information content (AvgIpc) is 2.72. The number of hydrogen-bond donors (Lipinski definition) is 0. The van der Waals surface area contributed by atoms with E-state index in [0.717, 1.165) is 6.42 Å². The summed E-state index contributed by atoms with van der Waals surface area (Å²) in [4.78, 5) is 11.0. The first-order valence-electron chi connectivity index (χ1n) is 11.0.